The van der Waals surface area contributed by atoms with E-state index in [1.165, 1.54) is 27.3 Å². The summed E-state index contributed by atoms with van der Waals surface area (Å²) in [6.07, 6.45) is 4.20. The summed E-state index contributed by atoms with van der Waals surface area (Å²) in [6.45, 7) is 0. The molecule has 0 fully saturated rings. The first-order valence-electron chi connectivity index (χ1n) is 9.76. The normalized spacial score (nSPS) is 16.1. The first kappa shape index (κ1) is 18.3. The second-order valence-corrected chi connectivity index (χ2v) is 9.44. The lowest BCUT2D eigenvalue weighted by Crippen LogP contribution is -2.15. The predicted molar refractivity (Wildman–Crippen MR) is 122 cm³/mol. The molecular weight excluding hydrogens is 398 g/mol. The van der Waals surface area contributed by atoms with E-state index in [9.17, 15) is 4.79 Å². The SMILES string of the molecule is NC(=O)c1sc2nc3c(c(-c4cccs4)c2c1N)CCCC3Cc1ccccc1. The molecule has 3 aromatic heterocycles. The number of nitrogens with zero attached hydrogens (tertiary/aromatic N) is 1. The van der Waals surface area contributed by atoms with E-state index >= 15 is 0 Å². The largest absolute Gasteiger partial charge is 0.397 e. The third kappa shape index (κ3) is 3.12. The summed E-state index contributed by atoms with van der Waals surface area (Å²) in [7, 11) is 0. The highest BCUT2D eigenvalue weighted by Gasteiger charge is 2.29. The number of nitrogen functional groups attached to an aromatic ring is 1. The molecular formula is C23H21N3OS2. The minimum absolute atomic E-state index is 0.365. The molecule has 4 aromatic rings. The van der Waals surface area contributed by atoms with E-state index < -0.39 is 5.91 Å². The number of carbonyl (C=O) groups excluding carboxylic acids is 1. The highest BCUT2D eigenvalue weighted by molar-refractivity contribution is 7.21. The Labute approximate surface area is 177 Å². The molecule has 0 saturated heterocycles. The number of aromatic nitrogens is 1. The monoisotopic (exact) mass is 419 g/mol. The van der Waals surface area contributed by atoms with Crippen molar-refractivity contribution >= 4 is 44.5 Å². The van der Waals surface area contributed by atoms with Crippen molar-refractivity contribution in [1.82, 2.24) is 4.98 Å². The first-order valence-corrected chi connectivity index (χ1v) is 11.5. The Kier molecular flexibility index (Phi) is 4.60. The number of fused-ring (bicyclic) bond motifs is 2. The fourth-order valence-electron chi connectivity index (χ4n) is 4.43. The van der Waals surface area contributed by atoms with Gasteiger partial charge in [0.1, 0.15) is 9.71 Å². The Morgan fingerprint density at radius 2 is 2.00 bits per heavy atom. The van der Waals surface area contributed by atoms with Gasteiger partial charge in [0.15, 0.2) is 0 Å². The second-order valence-electron chi connectivity index (χ2n) is 7.50. The number of hydrogen-bond acceptors (Lipinski definition) is 5. The highest BCUT2D eigenvalue weighted by Crippen LogP contribution is 2.47. The van der Waals surface area contributed by atoms with Gasteiger partial charge in [-0.3, -0.25) is 4.79 Å². The molecule has 0 bridgehead atoms. The Balaban J connectivity index is 1.75. The van der Waals surface area contributed by atoms with Gasteiger partial charge in [-0.1, -0.05) is 36.4 Å². The lowest BCUT2D eigenvalue weighted by molar-refractivity contribution is 0.100. The quantitative estimate of drug-likeness (QED) is 0.467. The van der Waals surface area contributed by atoms with E-state index in [4.69, 9.17) is 16.5 Å². The number of amides is 1. The average Bonchev–Trinajstić information content (AvgIpc) is 3.36. The Morgan fingerprint density at radius 3 is 2.72 bits per heavy atom. The number of thiophene rings is 2. The van der Waals surface area contributed by atoms with E-state index in [2.05, 4.69) is 47.8 Å². The summed E-state index contributed by atoms with van der Waals surface area (Å²) in [4.78, 5) is 19.4. The average molecular weight is 420 g/mol. The molecule has 6 heteroatoms. The van der Waals surface area contributed by atoms with Crippen molar-refractivity contribution in [3.63, 3.8) is 0 Å². The molecule has 4 nitrogen and oxygen atoms in total. The first-order chi connectivity index (χ1) is 14.1. The molecule has 0 radical (unpaired) electrons. The summed E-state index contributed by atoms with van der Waals surface area (Å²) >= 11 is 3.02. The Bertz CT molecular complexity index is 1200. The van der Waals surface area contributed by atoms with Crippen LogP contribution in [0.5, 0.6) is 0 Å². The van der Waals surface area contributed by atoms with Gasteiger partial charge in [-0.05, 0) is 48.3 Å². The smallest absolute Gasteiger partial charge is 0.260 e. The van der Waals surface area contributed by atoms with Gasteiger partial charge in [0.05, 0.1) is 5.69 Å². The number of rotatable bonds is 4. The number of benzene rings is 1. The molecule has 1 unspecified atom stereocenters. The van der Waals surface area contributed by atoms with E-state index in [1.54, 1.807) is 11.3 Å². The van der Waals surface area contributed by atoms with Crippen LogP contribution in [0.2, 0.25) is 0 Å². The van der Waals surface area contributed by atoms with Gasteiger partial charge < -0.3 is 11.5 Å². The summed E-state index contributed by atoms with van der Waals surface area (Å²) < 4.78 is 0. The van der Waals surface area contributed by atoms with Gasteiger partial charge in [0, 0.05) is 27.4 Å². The molecule has 1 aliphatic carbocycles. The van der Waals surface area contributed by atoms with Crippen molar-refractivity contribution in [3.8, 4) is 10.4 Å². The summed E-state index contributed by atoms with van der Waals surface area (Å²) in [6, 6.07) is 14.8. The van der Waals surface area contributed by atoms with Gasteiger partial charge >= 0.3 is 0 Å². The van der Waals surface area contributed by atoms with E-state index in [-0.39, 0.29) is 0 Å². The molecule has 0 spiro atoms. The second kappa shape index (κ2) is 7.28. The van der Waals surface area contributed by atoms with Gasteiger partial charge in [-0.15, -0.1) is 22.7 Å². The molecule has 0 aliphatic heterocycles. The van der Waals surface area contributed by atoms with Crippen LogP contribution in [0, 0.1) is 0 Å². The molecule has 1 aliphatic rings. The topological polar surface area (TPSA) is 82.0 Å². The van der Waals surface area contributed by atoms with Crippen molar-refractivity contribution < 1.29 is 4.79 Å². The minimum atomic E-state index is -0.485. The molecule has 1 atom stereocenters. The van der Waals surface area contributed by atoms with Gasteiger partial charge in [0.25, 0.3) is 5.91 Å². The summed E-state index contributed by atoms with van der Waals surface area (Å²) in [5, 5.41) is 2.97. The maximum Gasteiger partial charge on any atom is 0.260 e. The zero-order valence-electron chi connectivity index (χ0n) is 15.9. The summed E-state index contributed by atoms with van der Waals surface area (Å²) in [5.74, 6) is -0.119. The highest BCUT2D eigenvalue weighted by atomic mass is 32.1. The molecule has 146 valence electrons. The van der Waals surface area contributed by atoms with Crippen LogP contribution in [0.25, 0.3) is 20.7 Å². The fraction of sp³-hybridized carbons (Fsp3) is 0.217. The molecule has 4 N–H and O–H groups in total. The Hall–Kier alpha value is -2.70. The molecule has 3 heterocycles. The Morgan fingerprint density at radius 1 is 1.17 bits per heavy atom. The lowest BCUT2D eigenvalue weighted by atomic mass is 9.80. The van der Waals surface area contributed by atoms with Crippen molar-refractivity contribution in [2.45, 2.75) is 31.6 Å². The number of carbonyl (C=O) groups is 1. The number of hydrogen-bond donors (Lipinski definition) is 2. The van der Waals surface area contributed by atoms with Crippen molar-refractivity contribution in [2.75, 3.05) is 5.73 Å². The number of anilines is 1. The van der Waals surface area contributed by atoms with Crippen LogP contribution in [0.3, 0.4) is 0 Å². The lowest BCUT2D eigenvalue weighted by Gasteiger charge is -2.27. The van der Waals surface area contributed by atoms with Crippen LogP contribution in [0.1, 0.15) is 45.3 Å². The van der Waals surface area contributed by atoms with Crippen LogP contribution in [0.15, 0.2) is 47.8 Å². The molecule has 1 aromatic carbocycles. The van der Waals surface area contributed by atoms with Gasteiger partial charge in [0.2, 0.25) is 0 Å². The maximum absolute atomic E-state index is 11.9. The van der Waals surface area contributed by atoms with Crippen LogP contribution in [-0.2, 0) is 12.8 Å². The third-order valence-corrected chi connectivity index (χ3v) is 7.69. The molecule has 0 saturated carbocycles. The summed E-state index contributed by atoms with van der Waals surface area (Å²) in [5.41, 5.74) is 17.4. The van der Waals surface area contributed by atoms with Gasteiger partial charge in [-0.25, -0.2) is 4.98 Å². The van der Waals surface area contributed by atoms with E-state index in [0.29, 0.717) is 16.5 Å². The van der Waals surface area contributed by atoms with E-state index in [0.717, 1.165) is 47.2 Å². The van der Waals surface area contributed by atoms with Gasteiger partial charge in [-0.2, -0.15) is 0 Å². The van der Waals surface area contributed by atoms with Crippen LogP contribution in [0.4, 0.5) is 5.69 Å². The zero-order valence-corrected chi connectivity index (χ0v) is 17.5. The van der Waals surface area contributed by atoms with Crippen molar-refractivity contribution in [3.05, 3.63) is 69.5 Å². The molecule has 29 heavy (non-hydrogen) atoms. The third-order valence-electron chi connectivity index (χ3n) is 5.69. The zero-order chi connectivity index (χ0) is 20.0. The molecule has 1 amide bonds. The fourth-order valence-corrected chi connectivity index (χ4v) is 6.20. The standard InChI is InChI=1S/C23H21N3OS2/c24-19-18-17(16-10-5-11-28-16)15-9-4-8-14(12-13-6-2-1-3-7-13)20(15)26-23(18)29-21(19)22(25)27/h1-3,5-7,10-11,14H,4,8-9,12,24H2,(H2,25,27). The van der Waals surface area contributed by atoms with E-state index in [1.807, 2.05) is 0 Å². The number of primary amides is 1. The number of pyridine rings is 1. The van der Waals surface area contributed by atoms with Crippen molar-refractivity contribution in [1.29, 1.82) is 0 Å². The maximum atomic E-state index is 11.9. The predicted octanol–water partition coefficient (Wildman–Crippen LogP) is 5.37. The minimum Gasteiger partial charge on any atom is -0.397 e. The molecule has 5 rings (SSSR count). The number of nitrogens with two attached hydrogens (primary N) is 2. The van der Waals surface area contributed by atoms with Crippen LogP contribution in [-0.4, -0.2) is 10.9 Å². The van der Waals surface area contributed by atoms with Crippen molar-refractivity contribution in [2.24, 2.45) is 5.73 Å². The van der Waals surface area contributed by atoms with Crippen LogP contribution < -0.4 is 11.5 Å². The van der Waals surface area contributed by atoms with Crippen LogP contribution >= 0.6 is 22.7 Å².